The van der Waals surface area contributed by atoms with E-state index in [-0.39, 0.29) is 6.42 Å². The van der Waals surface area contributed by atoms with E-state index in [1.54, 1.807) is 0 Å². The molecule has 4 nitrogen and oxygen atoms in total. The maximum Gasteiger partial charge on any atom is 0.364 e. The van der Waals surface area contributed by atoms with Crippen LogP contribution in [0.4, 0.5) is 0 Å². The summed E-state index contributed by atoms with van der Waals surface area (Å²) in [5.41, 5.74) is 2.86. The van der Waals surface area contributed by atoms with Crippen LogP contribution in [0.25, 0.3) is 0 Å². The second-order valence-corrected chi connectivity index (χ2v) is 7.12. The fourth-order valence-electron chi connectivity index (χ4n) is 3.09. The SMILES string of the molecule is CCCCCCCCC=C[C@H]1C=CC[C@@H]1CC=C=CCC(O)(O)C(=O)O. The van der Waals surface area contributed by atoms with E-state index in [0.29, 0.717) is 11.8 Å². The van der Waals surface area contributed by atoms with Gasteiger partial charge < -0.3 is 15.3 Å². The van der Waals surface area contributed by atoms with Gasteiger partial charge in [-0.1, -0.05) is 63.3 Å². The lowest BCUT2D eigenvalue weighted by atomic mass is 9.91. The molecule has 0 fully saturated rings. The Bertz CT molecular complexity index is 524. The molecule has 0 aliphatic heterocycles. The third-order valence-corrected chi connectivity index (χ3v) is 4.81. The highest BCUT2D eigenvalue weighted by molar-refractivity contribution is 5.75. The molecule has 0 saturated heterocycles. The predicted octanol–water partition coefficient (Wildman–Crippen LogP) is 4.74. The lowest BCUT2D eigenvalue weighted by Gasteiger charge is -2.13. The van der Waals surface area contributed by atoms with Gasteiger partial charge in [0.1, 0.15) is 0 Å². The first-order valence-electron chi connectivity index (χ1n) is 9.88. The van der Waals surface area contributed by atoms with Crippen LogP contribution in [0.2, 0.25) is 0 Å². The summed E-state index contributed by atoms with van der Waals surface area (Å²) < 4.78 is 0. The van der Waals surface area contributed by atoms with Gasteiger partial charge in [-0.05, 0) is 49.7 Å². The monoisotopic (exact) mass is 362 g/mol. The molecule has 146 valence electrons. The van der Waals surface area contributed by atoms with Crippen LogP contribution < -0.4 is 0 Å². The summed E-state index contributed by atoms with van der Waals surface area (Å²) in [6.07, 6.45) is 22.8. The minimum Gasteiger partial charge on any atom is -0.477 e. The highest BCUT2D eigenvalue weighted by Gasteiger charge is 2.31. The maximum atomic E-state index is 10.6. The molecule has 3 N–H and O–H groups in total. The summed E-state index contributed by atoms with van der Waals surface area (Å²) in [4.78, 5) is 10.6. The minimum absolute atomic E-state index is 0.372. The average Bonchev–Trinajstić information content (AvgIpc) is 3.04. The molecule has 0 radical (unpaired) electrons. The molecule has 0 unspecified atom stereocenters. The highest BCUT2D eigenvalue weighted by atomic mass is 16.5. The van der Waals surface area contributed by atoms with Crippen molar-refractivity contribution in [1.29, 1.82) is 0 Å². The minimum atomic E-state index is -2.71. The molecule has 0 spiro atoms. The number of hydrogen-bond donors (Lipinski definition) is 3. The Hall–Kier alpha value is -1.61. The van der Waals surface area contributed by atoms with Crippen LogP contribution in [0.15, 0.2) is 42.2 Å². The van der Waals surface area contributed by atoms with Crippen molar-refractivity contribution in [2.75, 3.05) is 0 Å². The van der Waals surface area contributed by atoms with E-state index in [4.69, 9.17) is 5.11 Å². The molecule has 2 atom stereocenters. The van der Waals surface area contributed by atoms with Crippen LogP contribution in [0.1, 0.15) is 71.1 Å². The predicted molar refractivity (Wildman–Crippen MR) is 105 cm³/mol. The van der Waals surface area contributed by atoms with E-state index >= 15 is 0 Å². The summed E-state index contributed by atoms with van der Waals surface area (Å²) >= 11 is 0. The van der Waals surface area contributed by atoms with Crippen molar-refractivity contribution >= 4 is 5.97 Å². The standard InChI is InChI=1S/C22H34O4/c1-2-3-4-5-6-7-8-10-14-19-16-13-17-20(19)15-11-9-12-18-22(25,26)21(23)24/h10-14,16,19-20,25-26H,2-8,15,17-18H2,1H3,(H,23,24)/t9?,19-,20-/m0/s1. The summed E-state index contributed by atoms with van der Waals surface area (Å²) in [6.45, 7) is 2.24. The van der Waals surface area contributed by atoms with E-state index in [2.05, 4.69) is 37.0 Å². The van der Waals surface area contributed by atoms with Gasteiger partial charge in [-0.15, -0.1) is 5.73 Å². The Balaban J connectivity index is 2.27. The molecule has 0 heterocycles. The fraction of sp³-hybridized carbons (Fsp3) is 0.636. The Morgan fingerprint density at radius 1 is 1.19 bits per heavy atom. The van der Waals surface area contributed by atoms with Gasteiger partial charge in [0.15, 0.2) is 0 Å². The number of carboxylic acids is 1. The second-order valence-electron chi connectivity index (χ2n) is 7.12. The van der Waals surface area contributed by atoms with E-state index in [0.717, 1.165) is 19.3 Å². The van der Waals surface area contributed by atoms with Crippen LogP contribution in [0.3, 0.4) is 0 Å². The first kappa shape index (κ1) is 22.4. The van der Waals surface area contributed by atoms with Gasteiger partial charge in [0.05, 0.1) is 0 Å². The summed E-state index contributed by atoms with van der Waals surface area (Å²) in [6, 6.07) is 0. The van der Waals surface area contributed by atoms with Crippen molar-refractivity contribution in [2.24, 2.45) is 11.8 Å². The van der Waals surface area contributed by atoms with Crippen molar-refractivity contribution in [3.8, 4) is 0 Å². The second kappa shape index (κ2) is 12.7. The molecule has 4 heteroatoms. The van der Waals surface area contributed by atoms with E-state index in [1.807, 2.05) is 6.08 Å². The van der Waals surface area contributed by atoms with Gasteiger partial charge in [-0.25, -0.2) is 4.79 Å². The number of carboxylic acid groups (broad SMARTS) is 1. The number of carbonyl (C=O) groups is 1. The zero-order chi connectivity index (χ0) is 19.3. The highest BCUT2D eigenvalue weighted by Crippen LogP contribution is 2.29. The first-order valence-corrected chi connectivity index (χ1v) is 9.88. The maximum absolute atomic E-state index is 10.6. The topological polar surface area (TPSA) is 77.8 Å². The molecule has 0 aromatic carbocycles. The Kier molecular flexibility index (Phi) is 11.0. The van der Waals surface area contributed by atoms with Gasteiger partial charge >= 0.3 is 5.97 Å². The molecule has 26 heavy (non-hydrogen) atoms. The number of unbranched alkanes of at least 4 members (excludes halogenated alkanes) is 6. The van der Waals surface area contributed by atoms with Crippen LogP contribution in [0.5, 0.6) is 0 Å². The lowest BCUT2D eigenvalue weighted by Crippen LogP contribution is -2.37. The normalized spacial score (nSPS) is 19.7. The third kappa shape index (κ3) is 9.19. The molecule has 0 aromatic heterocycles. The van der Waals surface area contributed by atoms with Crippen molar-refractivity contribution in [3.63, 3.8) is 0 Å². The molecule has 1 aliphatic carbocycles. The summed E-state index contributed by atoms with van der Waals surface area (Å²) in [5, 5.41) is 27.0. The zero-order valence-electron chi connectivity index (χ0n) is 15.9. The van der Waals surface area contributed by atoms with Crippen molar-refractivity contribution in [3.05, 3.63) is 42.2 Å². The van der Waals surface area contributed by atoms with Gasteiger partial charge in [-0.2, -0.15) is 0 Å². The number of rotatable bonds is 13. The van der Waals surface area contributed by atoms with Crippen LogP contribution >= 0.6 is 0 Å². The van der Waals surface area contributed by atoms with Crippen LogP contribution in [0, 0.1) is 11.8 Å². The third-order valence-electron chi connectivity index (χ3n) is 4.81. The quantitative estimate of drug-likeness (QED) is 0.191. The number of aliphatic hydroxyl groups is 2. The first-order chi connectivity index (χ1) is 12.5. The van der Waals surface area contributed by atoms with Gasteiger partial charge in [-0.3, -0.25) is 0 Å². The molecule has 0 saturated carbocycles. The van der Waals surface area contributed by atoms with Crippen molar-refractivity contribution < 1.29 is 20.1 Å². The van der Waals surface area contributed by atoms with Crippen molar-refractivity contribution in [1.82, 2.24) is 0 Å². The van der Waals surface area contributed by atoms with Gasteiger partial charge in [0.2, 0.25) is 0 Å². The molecule has 0 bridgehead atoms. The smallest absolute Gasteiger partial charge is 0.364 e. The Morgan fingerprint density at radius 2 is 1.92 bits per heavy atom. The average molecular weight is 363 g/mol. The molecule has 0 aromatic rings. The largest absolute Gasteiger partial charge is 0.477 e. The zero-order valence-corrected chi connectivity index (χ0v) is 15.9. The number of hydrogen-bond acceptors (Lipinski definition) is 3. The van der Waals surface area contributed by atoms with E-state index in [1.165, 1.54) is 44.6 Å². The molecule has 1 aliphatic rings. The Morgan fingerprint density at radius 3 is 2.65 bits per heavy atom. The van der Waals surface area contributed by atoms with Crippen LogP contribution in [-0.4, -0.2) is 27.1 Å². The lowest BCUT2D eigenvalue weighted by molar-refractivity contribution is -0.201. The summed E-state index contributed by atoms with van der Waals surface area (Å²) in [7, 11) is 0. The van der Waals surface area contributed by atoms with Crippen molar-refractivity contribution in [2.45, 2.75) is 76.9 Å². The summed E-state index contributed by atoms with van der Waals surface area (Å²) in [5.74, 6) is -3.41. The van der Waals surface area contributed by atoms with E-state index < -0.39 is 11.8 Å². The van der Waals surface area contributed by atoms with Gasteiger partial charge in [0.25, 0.3) is 5.79 Å². The number of allylic oxidation sites excluding steroid dienone is 4. The van der Waals surface area contributed by atoms with Crippen LogP contribution in [-0.2, 0) is 4.79 Å². The number of aliphatic carboxylic acids is 1. The fourth-order valence-corrected chi connectivity index (χ4v) is 3.09. The molecule has 1 rings (SSSR count). The van der Waals surface area contributed by atoms with E-state index in [9.17, 15) is 15.0 Å². The van der Waals surface area contributed by atoms with Gasteiger partial charge in [0, 0.05) is 6.42 Å². The molecular formula is C22H34O4. The molecular weight excluding hydrogens is 328 g/mol. The Labute approximate surface area is 157 Å². The molecule has 0 amide bonds.